The van der Waals surface area contributed by atoms with Crippen LogP contribution in [0.15, 0.2) is 25.3 Å². The number of thiol groups is 1. The van der Waals surface area contributed by atoms with Gasteiger partial charge in [0.25, 0.3) is 0 Å². The van der Waals surface area contributed by atoms with Gasteiger partial charge in [0.15, 0.2) is 35.4 Å². The standard InChI is InChI=1S/C21H28N10O10P2S2/c1-36-42(34,44)38-4-11-14(33)15(21(40-11)31-8-29-13-17(23)25-6-27-19(13)31)41-43(35,45)37-3-9-2-10(32)20(39-9)30-7-28-12-16(22)24-5-26-18(12)30/h5-11,14-15,20-21,32-33H,2-4H2,1H3,(H,34,44)(H,35,45)(H2,22,24,26)(H2,23,25,27)/t9-,10+,11+,14+,15+,20+,21+,42?,43?/m0/s1. The second-order valence-electron chi connectivity index (χ2n) is 9.95. The van der Waals surface area contributed by atoms with Crippen molar-refractivity contribution in [1.82, 2.24) is 39.0 Å². The third-order valence-electron chi connectivity index (χ3n) is 7.11. The van der Waals surface area contributed by atoms with Crippen molar-refractivity contribution in [3.8, 4) is 0 Å². The fourth-order valence-electron chi connectivity index (χ4n) is 4.98. The molecule has 9 atom stereocenters. The van der Waals surface area contributed by atoms with Gasteiger partial charge in [-0.2, -0.15) is 0 Å². The lowest BCUT2D eigenvalue weighted by Gasteiger charge is -2.25. The van der Waals surface area contributed by atoms with Crippen molar-refractivity contribution >= 4 is 71.5 Å². The summed E-state index contributed by atoms with van der Waals surface area (Å²) in [6.45, 7) is -8.58. The van der Waals surface area contributed by atoms with E-state index in [4.69, 9.17) is 50.8 Å². The van der Waals surface area contributed by atoms with E-state index in [1.807, 2.05) is 0 Å². The molecule has 2 unspecified atom stereocenters. The Kier molecular flexibility index (Phi) is 9.13. The fourth-order valence-corrected chi connectivity index (χ4v) is 7.08. The van der Waals surface area contributed by atoms with Crippen LogP contribution in [0.4, 0.5) is 11.6 Å². The molecule has 0 spiro atoms. The smallest absolute Gasteiger partial charge is 0.386 e. The molecule has 0 amide bonds. The highest BCUT2D eigenvalue weighted by atomic mass is 32.7. The van der Waals surface area contributed by atoms with E-state index in [1.165, 1.54) is 41.6 Å². The Bertz CT molecular complexity index is 1800. The summed E-state index contributed by atoms with van der Waals surface area (Å²) in [5, 5.41) is 21.9. The summed E-state index contributed by atoms with van der Waals surface area (Å²) in [5.74, 6) is 0.264. The van der Waals surface area contributed by atoms with Gasteiger partial charge in [0.2, 0.25) is 0 Å². The van der Waals surface area contributed by atoms with E-state index in [0.717, 1.165) is 0 Å². The molecule has 0 radical (unpaired) electrons. The van der Waals surface area contributed by atoms with Gasteiger partial charge in [-0.3, -0.25) is 18.2 Å². The predicted molar refractivity (Wildman–Crippen MR) is 161 cm³/mol. The molecule has 2 aliphatic rings. The number of anilines is 2. The van der Waals surface area contributed by atoms with Gasteiger partial charge in [0.05, 0.1) is 32.0 Å². The highest BCUT2D eigenvalue weighted by Crippen LogP contribution is 2.57. The van der Waals surface area contributed by atoms with Crippen molar-refractivity contribution in [2.24, 2.45) is 0 Å². The third kappa shape index (κ3) is 6.57. The normalized spacial score (nSPS) is 29.8. The minimum absolute atomic E-state index is 0.0931. The van der Waals surface area contributed by atoms with Crippen molar-refractivity contribution in [2.45, 2.75) is 49.4 Å². The average Bonchev–Trinajstić information content (AvgIpc) is 3.77. The zero-order valence-electron chi connectivity index (χ0n) is 23.2. The van der Waals surface area contributed by atoms with Gasteiger partial charge in [-0.05, 0) is 11.8 Å². The summed E-state index contributed by atoms with van der Waals surface area (Å²) < 4.78 is 49.6. The van der Waals surface area contributed by atoms with E-state index in [9.17, 15) is 19.7 Å². The van der Waals surface area contributed by atoms with Gasteiger partial charge in [-0.25, -0.2) is 34.5 Å². The zero-order chi connectivity index (χ0) is 32.1. The summed E-state index contributed by atoms with van der Waals surface area (Å²) in [7, 11) is 1.18. The zero-order valence-corrected chi connectivity index (χ0v) is 26.7. The quantitative estimate of drug-likeness (QED) is 0.0888. The van der Waals surface area contributed by atoms with Gasteiger partial charge < -0.3 is 45.1 Å². The Morgan fingerprint density at radius 1 is 0.978 bits per heavy atom. The predicted octanol–water partition coefficient (Wildman–Crippen LogP) is 0.0568. The Morgan fingerprint density at radius 2 is 1.58 bits per heavy atom. The fraction of sp³-hybridized carbons (Fsp3) is 0.524. The summed E-state index contributed by atoms with van der Waals surface area (Å²) in [6, 6.07) is 0. The summed E-state index contributed by atoms with van der Waals surface area (Å²) >= 11 is 8.98. The molecule has 6 rings (SSSR count). The summed E-state index contributed by atoms with van der Waals surface area (Å²) in [4.78, 5) is 34.6. The number of ether oxygens (including phenoxy) is 2. The Hall–Kier alpha value is -2.43. The van der Waals surface area contributed by atoms with Crippen LogP contribution in [-0.4, -0.2) is 105 Å². The number of aromatic nitrogens is 8. The van der Waals surface area contributed by atoms with Crippen molar-refractivity contribution in [1.29, 1.82) is 0 Å². The van der Waals surface area contributed by atoms with E-state index < -0.39 is 63.1 Å². The van der Waals surface area contributed by atoms with Crippen LogP contribution in [0.3, 0.4) is 0 Å². The number of imidazole rings is 2. The van der Waals surface area contributed by atoms with E-state index in [0.29, 0.717) is 11.2 Å². The lowest BCUT2D eigenvalue weighted by atomic mass is 10.1. The average molecular weight is 707 g/mol. The SMILES string of the molecule is COP(O)(=S)OC[C@H]1O[C@@H](n2cnc3c(N)ncnc32)[C@H](OP(=O)(S)OC[C@@H]2C[C@@H](O)[C@H](n3cnc4c(N)ncnc43)O2)[C@@H]1O. The van der Waals surface area contributed by atoms with E-state index >= 15 is 0 Å². The molecule has 2 fully saturated rings. The molecule has 0 aliphatic carbocycles. The molecular weight excluding hydrogens is 678 g/mol. The molecule has 2 aliphatic heterocycles. The van der Waals surface area contributed by atoms with Gasteiger partial charge in [0.1, 0.15) is 48.1 Å². The van der Waals surface area contributed by atoms with E-state index in [1.54, 1.807) is 0 Å². The van der Waals surface area contributed by atoms with Crippen LogP contribution in [0, 0.1) is 0 Å². The molecule has 7 N–H and O–H groups in total. The Labute approximate surface area is 264 Å². The van der Waals surface area contributed by atoms with Crippen LogP contribution in [-0.2, 0) is 43.9 Å². The molecule has 0 aromatic carbocycles. The number of nitrogens with two attached hydrogens (primary N) is 2. The molecule has 4 aromatic rings. The minimum atomic E-state index is -4.25. The Morgan fingerprint density at radius 3 is 2.18 bits per heavy atom. The van der Waals surface area contributed by atoms with Crippen LogP contribution in [0.25, 0.3) is 22.3 Å². The molecule has 20 nitrogen and oxygen atoms in total. The molecule has 6 heterocycles. The van der Waals surface area contributed by atoms with Gasteiger partial charge in [-0.1, -0.05) is 12.2 Å². The lowest BCUT2D eigenvalue weighted by molar-refractivity contribution is -0.0526. The molecule has 24 heteroatoms. The molecule has 45 heavy (non-hydrogen) atoms. The number of aliphatic hydroxyl groups excluding tert-OH is 2. The highest BCUT2D eigenvalue weighted by Gasteiger charge is 2.50. The third-order valence-corrected chi connectivity index (χ3v) is 10.4. The number of aliphatic hydroxyl groups is 2. The lowest BCUT2D eigenvalue weighted by Crippen LogP contribution is -2.35. The number of hydrogen-bond acceptors (Lipinski definition) is 18. The first-order valence-electron chi connectivity index (χ1n) is 13.1. The second-order valence-corrected chi connectivity index (χ2v) is 15.8. The summed E-state index contributed by atoms with van der Waals surface area (Å²) in [5.41, 5.74) is 12.9. The summed E-state index contributed by atoms with van der Waals surface area (Å²) in [6.07, 6.45) is -2.54. The second kappa shape index (κ2) is 12.6. The van der Waals surface area contributed by atoms with Crippen LogP contribution in [0.1, 0.15) is 18.9 Å². The van der Waals surface area contributed by atoms with Crippen molar-refractivity contribution in [2.75, 3.05) is 31.8 Å². The van der Waals surface area contributed by atoms with Crippen LogP contribution >= 0.6 is 25.8 Å². The van der Waals surface area contributed by atoms with Crippen molar-refractivity contribution in [3.63, 3.8) is 0 Å². The van der Waals surface area contributed by atoms with Crippen LogP contribution in [0.2, 0.25) is 0 Å². The first-order valence-corrected chi connectivity index (χ1v) is 18.4. The maximum atomic E-state index is 13.5. The molecule has 0 bridgehead atoms. The van der Waals surface area contributed by atoms with Gasteiger partial charge in [0, 0.05) is 13.5 Å². The van der Waals surface area contributed by atoms with Gasteiger partial charge in [-0.15, -0.1) is 0 Å². The van der Waals surface area contributed by atoms with E-state index in [2.05, 4.69) is 42.2 Å². The van der Waals surface area contributed by atoms with Crippen LogP contribution in [0.5, 0.6) is 0 Å². The number of hydrogen-bond donors (Lipinski definition) is 6. The molecule has 2 saturated heterocycles. The van der Waals surface area contributed by atoms with Gasteiger partial charge >= 0.3 is 13.5 Å². The molecule has 0 saturated carbocycles. The van der Waals surface area contributed by atoms with E-state index in [-0.39, 0.29) is 35.8 Å². The number of nitrogen functional groups attached to an aromatic ring is 2. The largest absolute Gasteiger partial charge is 0.388 e. The molecule has 4 aromatic heterocycles. The highest BCUT2D eigenvalue weighted by molar-refractivity contribution is 8.44. The van der Waals surface area contributed by atoms with Crippen molar-refractivity contribution < 1.29 is 47.2 Å². The molecule has 244 valence electrons. The maximum Gasteiger partial charge on any atom is 0.386 e. The number of rotatable bonds is 11. The first-order chi connectivity index (χ1) is 21.4. The monoisotopic (exact) mass is 706 g/mol. The molecular formula is C21H28N10O10P2S2. The van der Waals surface area contributed by atoms with Crippen LogP contribution < -0.4 is 11.5 Å². The first kappa shape index (κ1) is 32.5. The maximum absolute atomic E-state index is 13.5. The topological polar surface area (TPSA) is 272 Å². The number of nitrogens with zero attached hydrogens (tertiary/aromatic N) is 8. The number of fused-ring (bicyclic) bond motifs is 2. The minimum Gasteiger partial charge on any atom is -0.388 e. The van der Waals surface area contributed by atoms with Crippen molar-refractivity contribution in [3.05, 3.63) is 25.3 Å². The Balaban J connectivity index is 1.17.